The summed E-state index contributed by atoms with van der Waals surface area (Å²) in [4.78, 5) is 24.2. The molecular formula is C27H27F2N5O2. The Bertz CT molecular complexity index is 1360. The van der Waals surface area contributed by atoms with Gasteiger partial charge in [-0.25, -0.2) is 9.97 Å². The van der Waals surface area contributed by atoms with Crippen molar-refractivity contribution in [2.24, 2.45) is 7.05 Å². The number of likely N-dealkylation sites (tertiary alicyclic amines) is 1. The Morgan fingerprint density at radius 2 is 1.83 bits per heavy atom. The van der Waals surface area contributed by atoms with Crippen LogP contribution in [0.1, 0.15) is 41.1 Å². The van der Waals surface area contributed by atoms with Crippen LogP contribution in [-0.4, -0.2) is 50.1 Å². The van der Waals surface area contributed by atoms with Gasteiger partial charge in [0.1, 0.15) is 11.6 Å². The summed E-state index contributed by atoms with van der Waals surface area (Å²) in [5.74, 6) is 0.202. The van der Waals surface area contributed by atoms with Crippen molar-refractivity contribution in [1.82, 2.24) is 24.6 Å². The molecule has 3 heterocycles. The Morgan fingerprint density at radius 1 is 1.06 bits per heavy atom. The zero-order valence-corrected chi connectivity index (χ0v) is 20.0. The summed E-state index contributed by atoms with van der Waals surface area (Å²) in [5.41, 5.74) is 4.39. The first-order valence-electron chi connectivity index (χ1n) is 12.0. The summed E-state index contributed by atoms with van der Waals surface area (Å²) < 4.78 is 31.0. The predicted molar refractivity (Wildman–Crippen MR) is 132 cm³/mol. The van der Waals surface area contributed by atoms with Crippen LogP contribution in [0.4, 0.5) is 8.78 Å². The van der Waals surface area contributed by atoms with Crippen molar-refractivity contribution in [3.05, 3.63) is 71.9 Å². The van der Waals surface area contributed by atoms with Crippen molar-refractivity contribution in [3.8, 4) is 16.9 Å². The van der Waals surface area contributed by atoms with Gasteiger partial charge in [-0.1, -0.05) is 18.6 Å². The molecule has 0 N–H and O–H groups in total. The highest BCUT2D eigenvalue weighted by atomic mass is 19.3. The van der Waals surface area contributed by atoms with Crippen molar-refractivity contribution in [1.29, 1.82) is 0 Å². The minimum Gasteiger partial charge on any atom is -0.435 e. The third-order valence-electron chi connectivity index (χ3n) is 6.55. The Kier molecular flexibility index (Phi) is 6.99. The van der Waals surface area contributed by atoms with Crippen molar-refractivity contribution in [2.45, 2.75) is 38.8 Å². The Balaban J connectivity index is 1.36. The second kappa shape index (κ2) is 10.5. The third-order valence-corrected chi connectivity index (χ3v) is 6.55. The van der Waals surface area contributed by atoms with Crippen LogP contribution in [0.2, 0.25) is 0 Å². The molecule has 7 nitrogen and oxygen atoms in total. The summed E-state index contributed by atoms with van der Waals surface area (Å²) in [7, 11) is 1.97. The van der Waals surface area contributed by atoms with Gasteiger partial charge < -0.3 is 4.74 Å². The molecule has 2 aromatic carbocycles. The van der Waals surface area contributed by atoms with Gasteiger partial charge in [-0.3, -0.25) is 14.4 Å². The van der Waals surface area contributed by atoms with E-state index in [-0.39, 0.29) is 18.0 Å². The minimum absolute atomic E-state index is 0.00230. The number of hydrogen-bond donors (Lipinski definition) is 0. The van der Waals surface area contributed by atoms with Gasteiger partial charge in [0.2, 0.25) is 0 Å². The minimum atomic E-state index is -2.91. The fourth-order valence-electron chi connectivity index (χ4n) is 4.60. The first-order chi connectivity index (χ1) is 17.5. The number of fused-ring (bicyclic) bond motifs is 1. The zero-order valence-electron chi connectivity index (χ0n) is 20.0. The molecule has 0 saturated carbocycles. The molecule has 0 spiro atoms. The molecule has 0 atom stereocenters. The van der Waals surface area contributed by atoms with Gasteiger partial charge in [-0.2, -0.15) is 13.9 Å². The van der Waals surface area contributed by atoms with Gasteiger partial charge in [0, 0.05) is 36.3 Å². The highest BCUT2D eigenvalue weighted by molar-refractivity contribution is 5.97. The first kappa shape index (κ1) is 24.0. The number of aryl methyl sites for hydroxylation is 1. The molecule has 0 bridgehead atoms. The molecule has 2 aromatic heterocycles. The number of Topliss-reactive ketones (excluding diaryl/α,β-unsaturated/α-hetero) is 1. The zero-order chi connectivity index (χ0) is 25.1. The maximum absolute atomic E-state index is 12.7. The molecule has 1 fully saturated rings. The lowest BCUT2D eigenvalue weighted by molar-refractivity contribution is -0.0498. The van der Waals surface area contributed by atoms with E-state index in [2.05, 4.69) is 30.8 Å². The number of ketones is 1. The number of benzene rings is 2. The molecule has 4 aromatic rings. The lowest BCUT2D eigenvalue weighted by Crippen LogP contribution is -2.30. The summed E-state index contributed by atoms with van der Waals surface area (Å²) in [5, 5.41) is 5.39. The van der Waals surface area contributed by atoms with E-state index in [1.54, 1.807) is 6.20 Å². The number of carbonyl (C=O) groups excluding carboxylic acids is 1. The van der Waals surface area contributed by atoms with Gasteiger partial charge in [0.15, 0.2) is 5.78 Å². The van der Waals surface area contributed by atoms with Crippen LogP contribution in [0, 0.1) is 0 Å². The number of piperidine rings is 1. The number of ether oxygens (including phenoxy) is 1. The van der Waals surface area contributed by atoms with E-state index in [0.717, 1.165) is 41.7 Å². The van der Waals surface area contributed by atoms with Crippen molar-refractivity contribution < 1.29 is 18.3 Å². The Labute approximate surface area is 207 Å². The summed E-state index contributed by atoms with van der Waals surface area (Å²) in [6.45, 7) is 0.160. The van der Waals surface area contributed by atoms with E-state index in [1.165, 1.54) is 49.2 Å². The van der Waals surface area contributed by atoms with E-state index < -0.39 is 6.61 Å². The molecule has 0 unspecified atom stereocenters. The van der Waals surface area contributed by atoms with Gasteiger partial charge in [0.25, 0.3) is 0 Å². The lowest BCUT2D eigenvalue weighted by Gasteiger charge is -2.26. The molecule has 1 aliphatic rings. The normalized spacial score (nSPS) is 14.4. The Morgan fingerprint density at radius 3 is 2.58 bits per heavy atom. The molecule has 5 rings (SSSR count). The molecule has 0 aliphatic carbocycles. The molecule has 0 radical (unpaired) electrons. The second-order valence-corrected chi connectivity index (χ2v) is 9.03. The van der Waals surface area contributed by atoms with E-state index in [4.69, 9.17) is 0 Å². The maximum atomic E-state index is 12.7. The number of rotatable bonds is 8. The van der Waals surface area contributed by atoms with E-state index in [0.29, 0.717) is 11.4 Å². The van der Waals surface area contributed by atoms with Crippen molar-refractivity contribution >= 4 is 16.7 Å². The van der Waals surface area contributed by atoms with Crippen LogP contribution < -0.4 is 4.74 Å². The molecular weight excluding hydrogens is 464 g/mol. The number of alkyl halides is 2. The average molecular weight is 492 g/mol. The fourth-order valence-corrected chi connectivity index (χ4v) is 4.60. The maximum Gasteiger partial charge on any atom is 0.387 e. The largest absolute Gasteiger partial charge is 0.435 e. The highest BCUT2D eigenvalue weighted by Crippen LogP contribution is 2.28. The molecule has 9 heteroatoms. The van der Waals surface area contributed by atoms with Crippen LogP contribution >= 0.6 is 0 Å². The molecule has 1 aliphatic heterocycles. The fraction of sp³-hybridized carbons (Fsp3) is 0.333. The van der Waals surface area contributed by atoms with Crippen LogP contribution in [0.5, 0.6) is 5.75 Å². The first-order valence-corrected chi connectivity index (χ1v) is 12.0. The number of hydrogen-bond acceptors (Lipinski definition) is 6. The number of aromatic nitrogens is 4. The molecule has 186 valence electrons. The van der Waals surface area contributed by atoms with Crippen molar-refractivity contribution in [2.75, 3.05) is 13.1 Å². The summed E-state index contributed by atoms with van der Waals surface area (Å²) in [6.07, 6.45) is 7.37. The average Bonchev–Trinajstić information content (AvgIpc) is 3.24. The molecule has 36 heavy (non-hydrogen) atoms. The van der Waals surface area contributed by atoms with Crippen LogP contribution in [0.3, 0.4) is 0 Å². The SMILES string of the molecule is Cn1ncc(-c2ccc3cnc(CC(=O)c4ccc(OC(F)F)cc4)nc3c2)c1CN1CCCCC1. The highest BCUT2D eigenvalue weighted by Gasteiger charge is 2.18. The monoisotopic (exact) mass is 491 g/mol. The van der Waals surface area contributed by atoms with Crippen LogP contribution in [0.15, 0.2) is 54.9 Å². The summed E-state index contributed by atoms with van der Waals surface area (Å²) >= 11 is 0. The smallest absolute Gasteiger partial charge is 0.387 e. The lowest BCUT2D eigenvalue weighted by atomic mass is 10.0. The van der Waals surface area contributed by atoms with E-state index in [9.17, 15) is 13.6 Å². The number of carbonyl (C=O) groups is 1. The summed E-state index contributed by atoms with van der Waals surface area (Å²) in [6, 6.07) is 11.7. The number of halogens is 2. The second-order valence-electron chi connectivity index (χ2n) is 9.03. The van der Waals surface area contributed by atoms with Gasteiger partial charge >= 0.3 is 6.61 Å². The van der Waals surface area contributed by atoms with Crippen LogP contribution in [-0.2, 0) is 20.0 Å². The van der Waals surface area contributed by atoms with E-state index >= 15 is 0 Å². The van der Waals surface area contributed by atoms with Gasteiger partial charge in [0.05, 0.1) is 23.8 Å². The van der Waals surface area contributed by atoms with E-state index in [1.807, 2.05) is 30.1 Å². The Hall–Kier alpha value is -3.72. The third kappa shape index (κ3) is 5.41. The standard InChI is InChI=1S/C27H27F2N5O2/c1-33-24(17-34-11-3-2-4-12-34)22(16-31-33)19-5-6-20-15-30-26(32-23(20)13-19)14-25(35)18-7-9-21(10-8-18)36-27(28)29/h5-10,13,15-16,27H,2-4,11-12,14,17H2,1H3. The molecule has 1 saturated heterocycles. The van der Waals surface area contributed by atoms with Crippen molar-refractivity contribution in [3.63, 3.8) is 0 Å². The molecule has 0 amide bonds. The van der Waals surface area contributed by atoms with Gasteiger partial charge in [-0.05, 0) is 61.8 Å². The van der Waals surface area contributed by atoms with Gasteiger partial charge in [-0.15, -0.1) is 0 Å². The topological polar surface area (TPSA) is 73.1 Å². The predicted octanol–water partition coefficient (Wildman–Crippen LogP) is 5.04. The number of nitrogens with zero attached hydrogens (tertiary/aromatic N) is 5. The quantitative estimate of drug-likeness (QED) is 0.322. The van der Waals surface area contributed by atoms with Crippen LogP contribution in [0.25, 0.3) is 22.0 Å².